The van der Waals surface area contributed by atoms with Crippen molar-refractivity contribution in [3.8, 4) is 0 Å². The number of benzene rings is 1. The van der Waals surface area contributed by atoms with Gasteiger partial charge in [-0.3, -0.25) is 0 Å². The van der Waals surface area contributed by atoms with Crippen molar-refractivity contribution in [3.05, 3.63) is 46.3 Å². The molecule has 7 nitrogen and oxygen atoms in total. The topological polar surface area (TPSA) is 92.8 Å². The van der Waals surface area contributed by atoms with Gasteiger partial charge in [0.1, 0.15) is 4.21 Å². The zero-order valence-corrected chi connectivity index (χ0v) is 16.8. The summed E-state index contributed by atoms with van der Waals surface area (Å²) < 4.78 is 59.9. The number of thiophene rings is 1. The van der Waals surface area contributed by atoms with Crippen molar-refractivity contribution in [1.82, 2.24) is 9.03 Å². The average Bonchev–Trinajstić information content (AvgIpc) is 3.08. The van der Waals surface area contributed by atoms with E-state index in [0.29, 0.717) is 23.1 Å². The third-order valence-corrected chi connectivity index (χ3v) is 8.95. The summed E-state index contributed by atoms with van der Waals surface area (Å²) in [6.07, 6.45) is 0. The molecule has 1 aliphatic rings. The first kappa shape index (κ1) is 19.7. The molecule has 26 heavy (non-hydrogen) atoms. The maximum atomic E-state index is 12.9. The van der Waals surface area contributed by atoms with E-state index in [2.05, 4.69) is 4.72 Å². The fraction of sp³-hybridized carbons (Fsp3) is 0.333. The van der Waals surface area contributed by atoms with Crippen LogP contribution in [0.25, 0.3) is 0 Å². The Hall–Kier alpha value is -1.01. The summed E-state index contributed by atoms with van der Waals surface area (Å²) >= 11 is 6.72. The Morgan fingerprint density at radius 1 is 1.08 bits per heavy atom. The molecule has 2 heterocycles. The van der Waals surface area contributed by atoms with E-state index in [9.17, 15) is 16.8 Å². The highest BCUT2D eigenvalue weighted by Crippen LogP contribution is 2.26. The van der Waals surface area contributed by atoms with Crippen molar-refractivity contribution in [2.24, 2.45) is 0 Å². The molecule has 1 N–H and O–H groups in total. The molecule has 3 rings (SSSR count). The molecule has 0 bridgehead atoms. The molecule has 1 aromatic carbocycles. The second-order valence-corrected chi connectivity index (χ2v) is 11.1. The molecule has 2 aromatic rings. The van der Waals surface area contributed by atoms with Gasteiger partial charge >= 0.3 is 0 Å². The van der Waals surface area contributed by atoms with E-state index in [0.717, 1.165) is 11.3 Å². The Balaban J connectivity index is 1.83. The van der Waals surface area contributed by atoms with Crippen molar-refractivity contribution >= 4 is 43.0 Å². The van der Waals surface area contributed by atoms with Gasteiger partial charge in [-0.25, -0.2) is 21.6 Å². The van der Waals surface area contributed by atoms with E-state index in [1.807, 2.05) is 0 Å². The lowest BCUT2D eigenvalue weighted by molar-refractivity contribution is 0.0730. The third kappa shape index (κ3) is 4.28. The number of halogens is 1. The SMILES string of the molecule is O=S(=O)(NCc1ccccc1S(=O)(=O)N1CCOCC1)c1ccc(Cl)s1. The minimum atomic E-state index is -3.77. The van der Waals surface area contributed by atoms with E-state index in [1.54, 1.807) is 18.2 Å². The Kier molecular flexibility index (Phi) is 6.02. The van der Waals surface area contributed by atoms with Gasteiger partial charge in [-0.15, -0.1) is 11.3 Å². The van der Waals surface area contributed by atoms with Crippen molar-refractivity contribution in [2.75, 3.05) is 26.3 Å². The summed E-state index contributed by atoms with van der Waals surface area (Å²) in [5.41, 5.74) is 0.380. The molecule has 0 unspecified atom stereocenters. The molecule has 0 amide bonds. The van der Waals surface area contributed by atoms with Crippen LogP contribution in [-0.4, -0.2) is 47.4 Å². The lowest BCUT2D eigenvalue weighted by Crippen LogP contribution is -2.41. The first-order valence-electron chi connectivity index (χ1n) is 7.71. The highest BCUT2D eigenvalue weighted by molar-refractivity contribution is 7.91. The van der Waals surface area contributed by atoms with Gasteiger partial charge in [0.25, 0.3) is 0 Å². The molecule has 0 saturated carbocycles. The summed E-state index contributed by atoms with van der Waals surface area (Å²) in [6.45, 7) is 1.09. The maximum Gasteiger partial charge on any atom is 0.250 e. The highest BCUT2D eigenvalue weighted by atomic mass is 35.5. The maximum absolute atomic E-state index is 12.9. The quantitative estimate of drug-likeness (QED) is 0.746. The Bertz CT molecular complexity index is 982. The second-order valence-electron chi connectivity index (χ2n) is 5.51. The van der Waals surface area contributed by atoms with Gasteiger partial charge in [-0.05, 0) is 23.8 Å². The second kappa shape index (κ2) is 7.93. The predicted molar refractivity (Wildman–Crippen MR) is 99.4 cm³/mol. The van der Waals surface area contributed by atoms with Crippen LogP contribution in [0.15, 0.2) is 45.5 Å². The van der Waals surface area contributed by atoms with Crippen LogP contribution in [-0.2, 0) is 31.3 Å². The number of hydrogen-bond acceptors (Lipinski definition) is 6. The number of hydrogen-bond donors (Lipinski definition) is 1. The van der Waals surface area contributed by atoms with Crippen LogP contribution in [0.4, 0.5) is 0 Å². The molecule has 1 aliphatic heterocycles. The van der Waals surface area contributed by atoms with Crippen LogP contribution in [0.5, 0.6) is 0 Å². The first-order valence-corrected chi connectivity index (χ1v) is 11.8. The van der Waals surface area contributed by atoms with Crippen molar-refractivity contribution in [2.45, 2.75) is 15.6 Å². The van der Waals surface area contributed by atoms with Gasteiger partial charge in [0.15, 0.2) is 0 Å². The molecule has 0 atom stereocenters. The molecule has 142 valence electrons. The molecular weight excluding hydrogens is 420 g/mol. The van der Waals surface area contributed by atoms with Crippen molar-refractivity contribution in [1.29, 1.82) is 0 Å². The molecule has 0 radical (unpaired) electrons. The number of sulfonamides is 2. The van der Waals surface area contributed by atoms with Crippen molar-refractivity contribution in [3.63, 3.8) is 0 Å². The summed E-state index contributed by atoms with van der Waals surface area (Å²) in [7, 11) is -7.49. The third-order valence-electron chi connectivity index (χ3n) is 3.83. The van der Waals surface area contributed by atoms with E-state index >= 15 is 0 Å². The van der Waals surface area contributed by atoms with Gasteiger partial charge in [0.05, 0.1) is 22.4 Å². The van der Waals surface area contributed by atoms with E-state index in [-0.39, 0.29) is 28.7 Å². The summed E-state index contributed by atoms with van der Waals surface area (Å²) in [6, 6.07) is 9.27. The standard InChI is InChI=1S/C15H17ClN2O5S3/c16-14-5-6-15(24-14)25(19,20)17-11-12-3-1-2-4-13(12)26(21,22)18-7-9-23-10-8-18/h1-6,17H,7-11H2. The van der Waals surface area contributed by atoms with E-state index in [1.165, 1.54) is 22.5 Å². The van der Waals surface area contributed by atoms with Crippen LogP contribution < -0.4 is 4.72 Å². The zero-order valence-electron chi connectivity index (χ0n) is 13.6. The highest BCUT2D eigenvalue weighted by Gasteiger charge is 2.28. The Labute approximate surface area is 161 Å². The first-order chi connectivity index (χ1) is 12.3. The lowest BCUT2D eigenvalue weighted by atomic mass is 10.2. The number of nitrogens with zero attached hydrogens (tertiary/aromatic N) is 1. The summed E-state index contributed by atoms with van der Waals surface area (Å²) in [4.78, 5) is 0.0915. The van der Waals surface area contributed by atoms with Crippen LogP contribution in [0.2, 0.25) is 4.34 Å². The van der Waals surface area contributed by atoms with E-state index in [4.69, 9.17) is 16.3 Å². The minimum Gasteiger partial charge on any atom is -0.379 e. The average molecular weight is 437 g/mol. The predicted octanol–water partition coefficient (Wildman–Crippen LogP) is 1.90. The van der Waals surface area contributed by atoms with Gasteiger partial charge < -0.3 is 4.74 Å². The monoisotopic (exact) mass is 436 g/mol. The molecule has 0 spiro atoms. The molecule has 1 fully saturated rings. The Morgan fingerprint density at radius 2 is 1.77 bits per heavy atom. The van der Waals surface area contributed by atoms with Gasteiger partial charge in [0, 0.05) is 19.6 Å². The fourth-order valence-electron chi connectivity index (χ4n) is 2.51. The molecule has 1 saturated heterocycles. The molecule has 1 aromatic heterocycles. The van der Waals surface area contributed by atoms with Crippen LogP contribution in [0.1, 0.15) is 5.56 Å². The normalized spacial score (nSPS) is 16.7. The molecule has 0 aliphatic carbocycles. The van der Waals surface area contributed by atoms with Crippen LogP contribution in [0.3, 0.4) is 0 Å². The fourth-order valence-corrected chi connectivity index (χ4v) is 6.68. The van der Waals surface area contributed by atoms with Crippen molar-refractivity contribution < 1.29 is 21.6 Å². The number of rotatable bonds is 6. The summed E-state index contributed by atoms with van der Waals surface area (Å²) in [5, 5.41) is 0. The minimum absolute atomic E-state index is 0.0796. The van der Waals surface area contributed by atoms with Gasteiger partial charge in [-0.2, -0.15) is 4.31 Å². The van der Waals surface area contributed by atoms with Crippen LogP contribution >= 0.6 is 22.9 Å². The van der Waals surface area contributed by atoms with Crippen LogP contribution in [0, 0.1) is 0 Å². The number of morpholine rings is 1. The number of ether oxygens (including phenoxy) is 1. The summed E-state index contributed by atoms with van der Waals surface area (Å²) in [5.74, 6) is 0. The number of nitrogens with one attached hydrogen (secondary N) is 1. The smallest absolute Gasteiger partial charge is 0.250 e. The zero-order chi connectivity index (χ0) is 18.8. The van der Waals surface area contributed by atoms with Gasteiger partial charge in [0.2, 0.25) is 20.0 Å². The largest absolute Gasteiger partial charge is 0.379 e. The molecular formula is C15H17ClN2O5S3. The van der Waals surface area contributed by atoms with E-state index < -0.39 is 20.0 Å². The Morgan fingerprint density at radius 3 is 2.42 bits per heavy atom. The molecule has 11 heteroatoms. The lowest BCUT2D eigenvalue weighted by Gasteiger charge is -2.27. The van der Waals surface area contributed by atoms with Gasteiger partial charge in [-0.1, -0.05) is 29.8 Å².